The molecule has 0 aliphatic heterocycles. The topological polar surface area (TPSA) is 20.2 Å². The summed E-state index contributed by atoms with van der Waals surface area (Å²) in [6, 6.07) is 25.4. The van der Waals surface area contributed by atoms with Crippen molar-refractivity contribution in [1.29, 1.82) is 0 Å². The van der Waals surface area contributed by atoms with E-state index in [2.05, 4.69) is 12.1 Å². The standard InChI is InChI=1S/C19H15ClO/c20-18-9-5-4-8-17(18)19(14-6-2-1-3-7-14)15-10-12-16(21)13-11-15/h1-13,19,21H. The third-order valence-corrected chi connectivity index (χ3v) is 3.92. The van der Waals surface area contributed by atoms with E-state index in [4.69, 9.17) is 11.6 Å². The molecule has 3 aromatic rings. The van der Waals surface area contributed by atoms with E-state index in [1.165, 1.54) is 5.56 Å². The normalized spacial score (nSPS) is 12.0. The SMILES string of the molecule is Oc1ccc(C(c2ccccc2)c2ccccc2Cl)cc1. The van der Waals surface area contributed by atoms with Gasteiger partial charge in [-0.05, 0) is 34.9 Å². The van der Waals surface area contributed by atoms with Crippen molar-refractivity contribution in [3.63, 3.8) is 0 Å². The molecule has 0 aliphatic carbocycles. The lowest BCUT2D eigenvalue weighted by Crippen LogP contribution is -2.03. The van der Waals surface area contributed by atoms with E-state index in [0.29, 0.717) is 0 Å². The molecular weight excluding hydrogens is 280 g/mol. The second-order valence-corrected chi connectivity index (χ2v) is 5.36. The Balaban J connectivity index is 2.16. The molecule has 0 saturated carbocycles. The van der Waals surface area contributed by atoms with Crippen LogP contribution in [0, 0.1) is 0 Å². The molecule has 1 N–H and O–H groups in total. The maximum atomic E-state index is 9.51. The number of halogens is 1. The number of hydrogen-bond donors (Lipinski definition) is 1. The summed E-state index contributed by atoms with van der Waals surface area (Å²) in [6.07, 6.45) is 0. The molecule has 0 saturated heterocycles. The van der Waals surface area contributed by atoms with Crippen molar-refractivity contribution in [2.24, 2.45) is 0 Å². The lowest BCUT2D eigenvalue weighted by atomic mass is 9.85. The van der Waals surface area contributed by atoms with Crippen LogP contribution < -0.4 is 0 Å². The molecule has 1 nitrogen and oxygen atoms in total. The van der Waals surface area contributed by atoms with Gasteiger partial charge in [-0.25, -0.2) is 0 Å². The lowest BCUT2D eigenvalue weighted by molar-refractivity contribution is 0.475. The van der Waals surface area contributed by atoms with Crippen molar-refractivity contribution in [3.05, 3.63) is 101 Å². The lowest BCUT2D eigenvalue weighted by Gasteiger charge is -2.20. The molecule has 0 aromatic heterocycles. The molecule has 0 heterocycles. The van der Waals surface area contributed by atoms with Crippen LogP contribution in [0.1, 0.15) is 22.6 Å². The van der Waals surface area contributed by atoms with Crippen LogP contribution in [-0.2, 0) is 0 Å². The molecule has 0 radical (unpaired) electrons. The van der Waals surface area contributed by atoms with Crippen molar-refractivity contribution in [2.45, 2.75) is 5.92 Å². The fraction of sp³-hybridized carbons (Fsp3) is 0.0526. The first-order chi connectivity index (χ1) is 10.3. The quantitative estimate of drug-likeness (QED) is 0.656. The molecule has 21 heavy (non-hydrogen) atoms. The van der Waals surface area contributed by atoms with Gasteiger partial charge in [-0.1, -0.05) is 72.3 Å². The third-order valence-electron chi connectivity index (χ3n) is 3.58. The molecule has 0 fully saturated rings. The predicted octanol–water partition coefficient (Wildman–Crippen LogP) is 5.23. The van der Waals surface area contributed by atoms with Gasteiger partial charge in [-0.2, -0.15) is 0 Å². The molecule has 3 aromatic carbocycles. The van der Waals surface area contributed by atoms with Crippen LogP contribution in [0.2, 0.25) is 5.02 Å². The maximum Gasteiger partial charge on any atom is 0.115 e. The van der Waals surface area contributed by atoms with Crippen LogP contribution in [0.3, 0.4) is 0 Å². The van der Waals surface area contributed by atoms with Gasteiger partial charge in [0, 0.05) is 10.9 Å². The van der Waals surface area contributed by atoms with E-state index < -0.39 is 0 Å². The molecule has 0 aliphatic rings. The van der Waals surface area contributed by atoms with Gasteiger partial charge < -0.3 is 5.11 Å². The average molecular weight is 295 g/mol. The first kappa shape index (κ1) is 13.7. The Morgan fingerprint density at radius 3 is 1.90 bits per heavy atom. The zero-order valence-electron chi connectivity index (χ0n) is 11.4. The van der Waals surface area contributed by atoms with E-state index in [1.54, 1.807) is 12.1 Å². The number of benzene rings is 3. The average Bonchev–Trinajstić information content (AvgIpc) is 2.52. The number of aromatic hydroxyl groups is 1. The van der Waals surface area contributed by atoms with E-state index in [1.807, 2.05) is 54.6 Å². The molecule has 2 heteroatoms. The first-order valence-corrected chi connectivity index (χ1v) is 7.22. The van der Waals surface area contributed by atoms with Crippen LogP contribution >= 0.6 is 11.6 Å². The van der Waals surface area contributed by atoms with E-state index >= 15 is 0 Å². The van der Waals surface area contributed by atoms with Gasteiger partial charge in [0.25, 0.3) is 0 Å². The molecule has 0 spiro atoms. The van der Waals surface area contributed by atoms with Crippen molar-refractivity contribution in [1.82, 2.24) is 0 Å². The van der Waals surface area contributed by atoms with Gasteiger partial charge in [0.15, 0.2) is 0 Å². The highest BCUT2D eigenvalue weighted by Gasteiger charge is 2.18. The van der Waals surface area contributed by atoms with Crippen LogP contribution in [0.5, 0.6) is 5.75 Å². The summed E-state index contributed by atoms with van der Waals surface area (Å²) in [6.45, 7) is 0. The number of hydrogen-bond acceptors (Lipinski definition) is 1. The van der Waals surface area contributed by atoms with E-state index in [9.17, 15) is 5.11 Å². The van der Waals surface area contributed by atoms with Crippen LogP contribution in [-0.4, -0.2) is 5.11 Å². The summed E-state index contributed by atoms with van der Waals surface area (Å²) in [5, 5.41) is 10.3. The summed E-state index contributed by atoms with van der Waals surface area (Å²) in [7, 11) is 0. The smallest absolute Gasteiger partial charge is 0.115 e. The Hall–Kier alpha value is -2.25. The largest absolute Gasteiger partial charge is 0.508 e. The Labute approximate surface area is 129 Å². The molecular formula is C19H15ClO. The maximum absolute atomic E-state index is 9.51. The van der Waals surface area contributed by atoms with E-state index in [0.717, 1.165) is 16.1 Å². The highest BCUT2D eigenvalue weighted by Crippen LogP contribution is 2.36. The highest BCUT2D eigenvalue weighted by molar-refractivity contribution is 6.31. The molecule has 0 amide bonds. The third kappa shape index (κ3) is 2.93. The van der Waals surface area contributed by atoms with Crippen LogP contribution in [0.25, 0.3) is 0 Å². The summed E-state index contributed by atoms with van der Waals surface area (Å²) >= 11 is 6.40. The van der Waals surface area contributed by atoms with Crippen molar-refractivity contribution < 1.29 is 5.11 Å². The van der Waals surface area contributed by atoms with E-state index in [-0.39, 0.29) is 11.7 Å². The molecule has 1 unspecified atom stereocenters. The Morgan fingerprint density at radius 1 is 0.667 bits per heavy atom. The molecule has 0 bridgehead atoms. The summed E-state index contributed by atoms with van der Waals surface area (Å²) in [4.78, 5) is 0. The molecule has 3 rings (SSSR count). The summed E-state index contributed by atoms with van der Waals surface area (Å²) in [5.74, 6) is 0.324. The number of phenols is 1. The highest BCUT2D eigenvalue weighted by atomic mass is 35.5. The van der Waals surface area contributed by atoms with Gasteiger partial charge in [0.1, 0.15) is 5.75 Å². The predicted molar refractivity (Wildman–Crippen MR) is 86.9 cm³/mol. The Kier molecular flexibility index (Phi) is 3.94. The van der Waals surface area contributed by atoms with Crippen LogP contribution in [0.15, 0.2) is 78.9 Å². The minimum atomic E-state index is 0.0560. The fourth-order valence-corrected chi connectivity index (χ4v) is 2.82. The monoisotopic (exact) mass is 294 g/mol. The minimum absolute atomic E-state index is 0.0560. The second kappa shape index (κ2) is 6.02. The Morgan fingerprint density at radius 2 is 1.24 bits per heavy atom. The van der Waals surface area contributed by atoms with Crippen LogP contribution in [0.4, 0.5) is 0 Å². The molecule has 1 atom stereocenters. The zero-order chi connectivity index (χ0) is 14.7. The summed E-state index contributed by atoms with van der Waals surface area (Å²) in [5.41, 5.74) is 3.35. The molecule has 104 valence electrons. The Bertz CT molecular complexity index is 720. The fourth-order valence-electron chi connectivity index (χ4n) is 2.57. The summed E-state index contributed by atoms with van der Waals surface area (Å²) < 4.78 is 0. The second-order valence-electron chi connectivity index (χ2n) is 4.96. The number of phenolic OH excluding ortho intramolecular Hbond substituents is 1. The van der Waals surface area contributed by atoms with Gasteiger partial charge >= 0.3 is 0 Å². The van der Waals surface area contributed by atoms with Gasteiger partial charge in [0.2, 0.25) is 0 Å². The van der Waals surface area contributed by atoms with Crippen molar-refractivity contribution in [2.75, 3.05) is 0 Å². The van der Waals surface area contributed by atoms with Gasteiger partial charge in [-0.15, -0.1) is 0 Å². The first-order valence-electron chi connectivity index (χ1n) is 6.84. The zero-order valence-corrected chi connectivity index (χ0v) is 12.2. The number of rotatable bonds is 3. The van der Waals surface area contributed by atoms with Gasteiger partial charge in [-0.3, -0.25) is 0 Å². The minimum Gasteiger partial charge on any atom is -0.508 e. The van der Waals surface area contributed by atoms with Crippen molar-refractivity contribution in [3.8, 4) is 5.75 Å². The van der Waals surface area contributed by atoms with Gasteiger partial charge in [0.05, 0.1) is 0 Å². The van der Waals surface area contributed by atoms with Crippen molar-refractivity contribution >= 4 is 11.6 Å².